The standard InChI is InChI=1S/C19H18F3N3/c1-12-9-15(19(20,21)22)8-7-14(12)10-13(2)25-18-16-5-3-4-6-17(16)23-11-24-18/h3-9,11,13H,10H2,1-2H3,(H,23,24,25). The average molecular weight is 345 g/mol. The fraction of sp³-hybridized carbons (Fsp3) is 0.263. The lowest BCUT2D eigenvalue weighted by atomic mass is 9.99. The topological polar surface area (TPSA) is 37.8 Å². The minimum Gasteiger partial charge on any atom is -0.367 e. The number of rotatable bonds is 4. The summed E-state index contributed by atoms with van der Waals surface area (Å²) < 4.78 is 38.3. The van der Waals surface area contributed by atoms with Crippen LogP contribution in [0.5, 0.6) is 0 Å². The summed E-state index contributed by atoms with van der Waals surface area (Å²) in [5.74, 6) is 0.725. The summed E-state index contributed by atoms with van der Waals surface area (Å²) in [6.07, 6.45) is -2.21. The minimum atomic E-state index is -4.31. The monoisotopic (exact) mass is 345 g/mol. The van der Waals surface area contributed by atoms with E-state index in [0.717, 1.165) is 28.4 Å². The number of nitrogens with zero attached hydrogens (tertiary/aromatic N) is 2. The molecule has 25 heavy (non-hydrogen) atoms. The molecule has 0 fully saturated rings. The Kier molecular flexibility index (Phi) is 4.61. The maximum Gasteiger partial charge on any atom is 0.416 e. The van der Waals surface area contributed by atoms with Gasteiger partial charge in [-0.25, -0.2) is 9.97 Å². The van der Waals surface area contributed by atoms with Gasteiger partial charge in [0.05, 0.1) is 11.1 Å². The first-order valence-corrected chi connectivity index (χ1v) is 7.97. The van der Waals surface area contributed by atoms with Crippen molar-refractivity contribution in [1.29, 1.82) is 0 Å². The highest BCUT2D eigenvalue weighted by molar-refractivity contribution is 5.88. The maximum absolute atomic E-state index is 12.8. The number of para-hydroxylation sites is 1. The zero-order chi connectivity index (χ0) is 18.0. The third kappa shape index (κ3) is 3.90. The molecule has 1 unspecified atom stereocenters. The van der Waals surface area contributed by atoms with E-state index in [1.165, 1.54) is 12.4 Å². The van der Waals surface area contributed by atoms with Gasteiger partial charge in [-0.2, -0.15) is 13.2 Å². The molecule has 0 radical (unpaired) electrons. The van der Waals surface area contributed by atoms with Crippen molar-refractivity contribution in [1.82, 2.24) is 9.97 Å². The smallest absolute Gasteiger partial charge is 0.367 e. The van der Waals surface area contributed by atoms with Crippen LogP contribution in [0, 0.1) is 6.92 Å². The van der Waals surface area contributed by atoms with Crippen molar-refractivity contribution < 1.29 is 13.2 Å². The lowest BCUT2D eigenvalue weighted by Crippen LogP contribution is -2.20. The third-order valence-corrected chi connectivity index (χ3v) is 4.12. The molecule has 0 amide bonds. The van der Waals surface area contributed by atoms with E-state index in [1.54, 1.807) is 13.0 Å². The van der Waals surface area contributed by atoms with Crippen molar-refractivity contribution in [2.75, 3.05) is 5.32 Å². The Morgan fingerprint density at radius 3 is 2.56 bits per heavy atom. The summed E-state index contributed by atoms with van der Waals surface area (Å²) in [7, 11) is 0. The molecule has 0 aliphatic carbocycles. The second kappa shape index (κ2) is 6.70. The van der Waals surface area contributed by atoms with Gasteiger partial charge in [-0.15, -0.1) is 0 Å². The van der Waals surface area contributed by atoms with Gasteiger partial charge < -0.3 is 5.32 Å². The molecule has 1 aromatic heterocycles. The van der Waals surface area contributed by atoms with E-state index in [1.807, 2.05) is 31.2 Å². The largest absolute Gasteiger partial charge is 0.416 e. The van der Waals surface area contributed by atoms with E-state index >= 15 is 0 Å². The zero-order valence-corrected chi connectivity index (χ0v) is 13.9. The van der Waals surface area contributed by atoms with Gasteiger partial charge in [0.15, 0.2) is 0 Å². The second-order valence-corrected chi connectivity index (χ2v) is 6.13. The fourth-order valence-corrected chi connectivity index (χ4v) is 2.84. The first-order chi connectivity index (χ1) is 11.8. The molecule has 1 atom stereocenters. The molecule has 0 aliphatic rings. The molecule has 0 bridgehead atoms. The quantitative estimate of drug-likeness (QED) is 0.723. The van der Waals surface area contributed by atoms with Gasteiger partial charge in [0, 0.05) is 11.4 Å². The van der Waals surface area contributed by atoms with Crippen LogP contribution in [0.25, 0.3) is 10.9 Å². The van der Waals surface area contributed by atoms with Gasteiger partial charge in [-0.1, -0.05) is 18.2 Å². The number of nitrogens with one attached hydrogen (secondary N) is 1. The number of anilines is 1. The summed E-state index contributed by atoms with van der Waals surface area (Å²) in [5, 5.41) is 4.25. The van der Waals surface area contributed by atoms with Crippen LogP contribution in [-0.2, 0) is 12.6 Å². The van der Waals surface area contributed by atoms with Gasteiger partial charge in [-0.05, 0) is 55.7 Å². The van der Waals surface area contributed by atoms with Crippen LogP contribution in [0.2, 0.25) is 0 Å². The molecule has 1 N–H and O–H groups in total. The van der Waals surface area contributed by atoms with Crippen LogP contribution >= 0.6 is 0 Å². The average Bonchev–Trinajstić information content (AvgIpc) is 2.56. The second-order valence-electron chi connectivity index (χ2n) is 6.13. The number of benzene rings is 2. The van der Waals surface area contributed by atoms with E-state index in [4.69, 9.17) is 0 Å². The Hall–Kier alpha value is -2.63. The lowest BCUT2D eigenvalue weighted by molar-refractivity contribution is -0.137. The number of hydrogen-bond acceptors (Lipinski definition) is 3. The summed E-state index contributed by atoms with van der Waals surface area (Å²) in [6.45, 7) is 3.69. The van der Waals surface area contributed by atoms with Crippen molar-refractivity contribution in [2.24, 2.45) is 0 Å². The predicted molar refractivity (Wildman–Crippen MR) is 92.5 cm³/mol. The van der Waals surface area contributed by atoms with E-state index in [0.29, 0.717) is 12.0 Å². The van der Waals surface area contributed by atoms with E-state index < -0.39 is 11.7 Å². The number of aryl methyl sites for hydroxylation is 1. The van der Waals surface area contributed by atoms with E-state index in [2.05, 4.69) is 15.3 Å². The van der Waals surface area contributed by atoms with Crippen molar-refractivity contribution in [3.05, 3.63) is 65.5 Å². The van der Waals surface area contributed by atoms with Crippen molar-refractivity contribution in [3.8, 4) is 0 Å². The SMILES string of the molecule is Cc1cc(C(F)(F)F)ccc1CC(C)Nc1ncnc2ccccc12. The molecular formula is C19H18F3N3. The van der Waals surface area contributed by atoms with Crippen molar-refractivity contribution in [3.63, 3.8) is 0 Å². The summed E-state index contributed by atoms with van der Waals surface area (Å²) in [6, 6.07) is 11.6. The van der Waals surface area contributed by atoms with Crippen molar-refractivity contribution >= 4 is 16.7 Å². The molecule has 0 aliphatic heterocycles. The molecule has 130 valence electrons. The molecule has 2 aromatic carbocycles. The predicted octanol–water partition coefficient (Wildman–Crippen LogP) is 5.00. The molecule has 0 spiro atoms. The molecule has 6 heteroatoms. The van der Waals surface area contributed by atoms with E-state index in [9.17, 15) is 13.2 Å². The van der Waals surface area contributed by atoms with Crippen LogP contribution in [0.3, 0.4) is 0 Å². The van der Waals surface area contributed by atoms with Gasteiger partial charge in [0.25, 0.3) is 0 Å². The van der Waals surface area contributed by atoms with Crippen LogP contribution in [0.15, 0.2) is 48.8 Å². The van der Waals surface area contributed by atoms with Crippen LogP contribution in [0.1, 0.15) is 23.6 Å². The molecule has 0 saturated carbocycles. The van der Waals surface area contributed by atoms with Crippen LogP contribution in [-0.4, -0.2) is 16.0 Å². The molecule has 3 rings (SSSR count). The Bertz CT molecular complexity index is 885. The molecular weight excluding hydrogens is 327 g/mol. The van der Waals surface area contributed by atoms with Gasteiger partial charge in [0.1, 0.15) is 12.1 Å². The van der Waals surface area contributed by atoms with Crippen LogP contribution in [0.4, 0.5) is 19.0 Å². The molecule has 0 saturated heterocycles. The Morgan fingerprint density at radius 2 is 1.84 bits per heavy atom. The van der Waals surface area contributed by atoms with E-state index in [-0.39, 0.29) is 6.04 Å². The number of hydrogen-bond donors (Lipinski definition) is 1. The summed E-state index contributed by atoms with van der Waals surface area (Å²) >= 11 is 0. The molecule has 1 heterocycles. The fourth-order valence-electron chi connectivity index (χ4n) is 2.84. The van der Waals surface area contributed by atoms with Gasteiger partial charge >= 0.3 is 6.18 Å². The minimum absolute atomic E-state index is 0.00810. The zero-order valence-electron chi connectivity index (χ0n) is 13.9. The van der Waals surface area contributed by atoms with Crippen molar-refractivity contribution in [2.45, 2.75) is 32.5 Å². The number of aromatic nitrogens is 2. The molecule has 3 aromatic rings. The van der Waals surface area contributed by atoms with Crippen LogP contribution < -0.4 is 5.32 Å². The van der Waals surface area contributed by atoms with Gasteiger partial charge in [0.2, 0.25) is 0 Å². The summed E-state index contributed by atoms with van der Waals surface area (Å²) in [4.78, 5) is 8.51. The Morgan fingerprint density at radius 1 is 1.08 bits per heavy atom. The highest BCUT2D eigenvalue weighted by Gasteiger charge is 2.30. The number of fused-ring (bicyclic) bond motifs is 1. The lowest BCUT2D eigenvalue weighted by Gasteiger charge is -2.18. The highest BCUT2D eigenvalue weighted by atomic mass is 19.4. The third-order valence-electron chi connectivity index (χ3n) is 4.12. The number of alkyl halides is 3. The first-order valence-electron chi connectivity index (χ1n) is 7.97. The Labute approximate surface area is 143 Å². The van der Waals surface area contributed by atoms with Gasteiger partial charge in [-0.3, -0.25) is 0 Å². The summed E-state index contributed by atoms with van der Waals surface area (Å²) in [5.41, 5.74) is 1.75. The Balaban J connectivity index is 1.77. The maximum atomic E-state index is 12.8. The first kappa shape index (κ1) is 17.2. The number of halogens is 3. The normalized spacial score (nSPS) is 13.0. The molecule has 3 nitrogen and oxygen atoms in total. The highest BCUT2D eigenvalue weighted by Crippen LogP contribution is 2.30.